The Balaban J connectivity index is 0.000000120. The lowest BCUT2D eigenvalue weighted by Crippen LogP contribution is -1.94. The Morgan fingerprint density at radius 1 is 0.415 bits per heavy atom. The molecule has 0 atom stereocenters. The van der Waals surface area contributed by atoms with Crippen molar-refractivity contribution in [2.45, 2.75) is 0 Å². The van der Waals surface area contributed by atoms with Crippen LogP contribution < -0.4 is 0 Å². The molecule has 0 saturated carbocycles. The molecule has 14 aromatic rings. The second-order valence-electron chi connectivity index (χ2n) is 14.8. The van der Waals surface area contributed by atoms with Crippen LogP contribution >= 0.6 is 99.6 Å². The minimum Gasteiger partial charge on any atom is -0.455 e. The molecule has 0 amide bonds. The van der Waals surface area contributed by atoms with Gasteiger partial charge >= 0.3 is 0 Å². The van der Waals surface area contributed by atoms with E-state index in [9.17, 15) is 0 Å². The van der Waals surface area contributed by atoms with Gasteiger partial charge in [-0.15, -0.1) is 0 Å². The van der Waals surface area contributed by atoms with Crippen molar-refractivity contribution < 1.29 is 17.7 Å². The van der Waals surface area contributed by atoms with Gasteiger partial charge in [-0.25, -0.2) is 0 Å². The molecule has 1 N–H and O–H groups in total. The molecule has 6 aromatic heterocycles. The molecular weight excluding hydrogens is 1280 g/mol. The molecular formula is C54H35Br2I3N2O4. The lowest BCUT2D eigenvalue weighted by atomic mass is 10.1. The Labute approximate surface area is 429 Å². The van der Waals surface area contributed by atoms with Crippen molar-refractivity contribution in [2.75, 3.05) is 9.86 Å². The molecule has 0 aliphatic heterocycles. The average molecular weight is 1320 g/mol. The first kappa shape index (κ1) is 44.0. The van der Waals surface area contributed by atoms with E-state index >= 15 is 0 Å². The van der Waals surface area contributed by atoms with E-state index in [-0.39, 0.29) is 0 Å². The summed E-state index contributed by atoms with van der Waals surface area (Å²) < 4.78 is 29.8. The van der Waals surface area contributed by atoms with E-state index in [0.29, 0.717) is 0 Å². The van der Waals surface area contributed by atoms with Crippen LogP contribution in [0.1, 0.15) is 0 Å². The summed E-state index contributed by atoms with van der Waals surface area (Å²) in [4.78, 5) is 7.24. The molecule has 0 radical (unpaired) electrons. The summed E-state index contributed by atoms with van der Waals surface area (Å²) in [6.07, 6.45) is 0. The smallest absolute Gasteiger partial charge is 0.213 e. The number of aromatic amines is 1. The quantitative estimate of drug-likeness (QED) is 0.131. The molecule has 65 heavy (non-hydrogen) atoms. The zero-order valence-corrected chi connectivity index (χ0v) is 44.3. The Bertz CT molecular complexity index is 3960. The molecule has 320 valence electrons. The van der Waals surface area contributed by atoms with Crippen LogP contribution in [0.3, 0.4) is 0 Å². The fourth-order valence-electron chi connectivity index (χ4n) is 8.72. The number of hydrogen-bond acceptors (Lipinski definition) is 4. The van der Waals surface area contributed by atoms with Crippen LogP contribution in [0.15, 0.2) is 196 Å². The van der Waals surface area contributed by atoms with Crippen LogP contribution in [0.5, 0.6) is 0 Å². The number of nitrogens with one attached hydrogen (secondary N) is 1. The third-order valence-corrected chi connectivity index (χ3v) is 13.5. The van der Waals surface area contributed by atoms with Gasteiger partial charge in [0, 0.05) is 57.6 Å². The van der Waals surface area contributed by atoms with Crippen molar-refractivity contribution in [1.29, 1.82) is 0 Å². The summed E-state index contributed by atoms with van der Waals surface area (Å²) in [5, 5.41) is 11.5. The monoisotopic (exact) mass is 1310 g/mol. The molecule has 0 spiro atoms. The summed E-state index contributed by atoms with van der Waals surface area (Å²) in [6, 6.07) is 57.6. The molecule has 6 nitrogen and oxygen atoms in total. The second-order valence-corrected chi connectivity index (χ2v) is 17.7. The molecule has 0 aliphatic rings. The molecule has 0 unspecified atom stereocenters. The Hall–Kier alpha value is -4.81. The number of alkyl halides is 2. The minimum absolute atomic E-state index is 0.835. The summed E-state index contributed by atoms with van der Waals surface area (Å²) in [6.45, 7) is 0. The first-order valence-corrected chi connectivity index (χ1v) is 27.4. The van der Waals surface area contributed by atoms with Crippen molar-refractivity contribution in [3.8, 4) is 5.69 Å². The van der Waals surface area contributed by atoms with Gasteiger partial charge in [-0.3, -0.25) is 4.57 Å². The Morgan fingerprint density at radius 2 is 0.862 bits per heavy atom. The zero-order chi connectivity index (χ0) is 44.8. The summed E-state index contributed by atoms with van der Waals surface area (Å²) in [5.74, 6) is 0. The van der Waals surface area contributed by atoms with Gasteiger partial charge in [-0.05, 0) is 93.1 Å². The third-order valence-electron chi connectivity index (χ3n) is 11.4. The first-order chi connectivity index (χ1) is 32.0. The number of rotatable bonds is 1. The molecule has 0 aliphatic carbocycles. The van der Waals surface area contributed by atoms with Gasteiger partial charge < -0.3 is 22.7 Å². The van der Waals surface area contributed by atoms with Gasteiger partial charge in [-0.1, -0.05) is 186 Å². The average Bonchev–Trinajstić information content (AvgIpc) is 4.21. The second kappa shape index (κ2) is 18.8. The normalized spacial score (nSPS) is 11.3. The molecule has 8 aromatic carbocycles. The summed E-state index contributed by atoms with van der Waals surface area (Å²) in [7, 11) is 0. The number of nitrogens with zero attached hydrogens (tertiary/aromatic N) is 1. The van der Waals surface area contributed by atoms with Crippen molar-refractivity contribution in [1.82, 2.24) is 9.55 Å². The largest absolute Gasteiger partial charge is 0.455 e. The predicted octanol–water partition coefficient (Wildman–Crippen LogP) is 19.3. The van der Waals surface area contributed by atoms with Gasteiger partial charge in [-0.2, -0.15) is 0 Å². The standard InChI is InChI=1S/C26H14BrNO2.C14H9NO.C12H6BrIO.2CH3I/c27-18-13-14-20(25-24(18)17-9-3-5-11-21(17)29-25)28-19-10-4-1-7-15(19)23-16-8-2-6-12-22(16)30-26(23)28;1-3-7-11-9(5-1)13-10-6-2-4-8-12(10)16-14(13)15-11;13-8-5-6-9(14)12-11(8)7-3-1-2-4-10(7)15-12;2*1-2/h1-14H;1-8,15H;1-6H;2*1H3. The highest BCUT2D eigenvalue weighted by atomic mass is 127. The third kappa shape index (κ3) is 7.64. The van der Waals surface area contributed by atoms with Gasteiger partial charge in [0.15, 0.2) is 5.58 Å². The summed E-state index contributed by atoms with van der Waals surface area (Å²) in [5.41, 5.74) is 10.3. The van der Waals surface area contributed by atoms with E-state index < -0.39 is 0 Å². The van der Waals surface area contributed by atoms with Crippen LogP contribution in [-0.4, -0.2) is 19.4 Å². The number of hydrogen-bond donors (Lipinski definition) is 1. The minimum atomic E-state index is 0.835. The maximum atomic E-state index is 6.39. The fourth-order valence-corrected chi connectivity index (χ4v) is 10.3. The summed E-state index contributed by atoms with van der Waals surface area (Å²) >= 11 is 13.9. The highest BCUT2D eigenvalue weighted by Crippen LogP contribution is 2.43. The molecule has 14 rings (SSSR count). The number of para-hydroxylation sites is 6. The maximum Gasteiger partial charge on any atom is 0.213 e. The van der Waals surface area contributed by atoms with Crippen molar-refractivity contribution in [3.63, 3.8) is 0 Å². The van der Waals surface area contributed by atoms with Crippen LogP contribution in [-0.2, 0) is 0 Å². The Morgan fingerprint density at radius 3 is 1.49 bits per heavy atom. The van der Waals surface area contributed by atoms with Crippen LogP contribution in [0.25, 0.3) is 116 Å². The van der Waals surface area contributed by atoms with Gasteiger partial charge in [0.2, 0.25) is 11.4 Å². The lowest BCUT2D eigenvalue weighted by molar-refractivity contribution is 0.639. The molecule has 0 fully saturated rings. The van der Waals surface area contributed by atoms with E-state index in [2.05, 4.69) is 206 Å². The van der Waals surface area contributed by atoms with Gasteiger partial charge in [0.05, 0.1) is 25.5 Å². The van der Waals surface area contributed by atoms with Crippen LogP contribution in [0.2, 0.25) is 0 Å². The molecule has 0 bridgehead atoms. The topological polar surface area (TPSA) is 73.3 Å². The predicted molar refractivity (Wildman–Crippen MR) is 305 cm³/mol. The molecule has 0 saturated heterocycles. The number of furan rings is 4. The van der Waals surface area contributed by atoms with Gasteiger partial charge in [0.25, 0.3) is 0 Å². The van der Waals surface area contributed by atoms with E-state index in [1.807, 2.05) is 82.7 Å². The lowest BCUT2D eigenvalue weighted by Gasteiger charge is -2.08. The number of aromatic nitrogens is 2. The van der Waals surface area contributed by atoms with Crippen molar-refractivity contribution >= 4 is 209 Å². The van der Waals surface area contributed by atoms with E-state index in [1.165, 1.54) is 21.5 Å². The van der Waals surface area contributed by atoms with Crippen molar-refractivity contribution in [2.24, 2.45) is 0 Å². The number of H-pyrrole nitrogens is 1. The number of fused-ring (bicyclic) bond motifs is 16. The van der Waals surface area contributed by atoms with E-state index in [1.54, 1.807) is 0 Å². The highest BCUT2D eigenvalue weighted by Gasteiger charge is 2.23. The fraction of sp³-hybridized carbons (Fsp3) is 0.0370. The Kier molecular flexibility index (Phi) is 12.8. The molecule has 11 heteroatoms. The van der Waals surface area contributed by atoms with Crippen LogP contribution in [0.4, 0.5) is 0 Å². The van der Waals surface area contributed by atoms with E-state index in [0.717, 1.165) is 106 Å². The highest BCUT2D eigenvalue weighted by molar-refractivity contribution is 14.1. The van der Waals surface area contributed by atoms with E-state index in [4.69, 9.17) is 17.7 Å². The van der Waals surface area contributed by atoms with Crippen LogP contribution in [0, 0.1) is 3.57 Å². The molecule has 6 heterocycles. The number of benzene rings is 8. The zero-order valence-electron chi connectivity index (χ0n) is 34.6. The number of halogens is 5. The SMILES string of the molecule is Brc1ccc(-n2c3ccccc3c3c4ccccc4oc32)c2oc3ccccc3c12.Brc1ccc(I)c2oc3ccccc3c12.CI.CI.c1ccc2c(c1)[nH]c1oc3ccccc3c12. The maximum absolute atomic E-state index is 6.39. The van der Waals surface area contributed by atoms with Gasteiger partial charge in [0.1, 0.15) is 27.9 Å². The van der Waals surface area contributed by atoms with Crippen molar-refractivity contribution in [3.05, 3.63) is 182 Å². The first-order valence-electron chi connectivity index (χ1n) is 20.4.